The maximum atomic E-state index is 13.9. The number of amides is 1. The monoisotopic (exact) mass is 454 g/mol. The fraction of sp³-hybridized carbons (Fsp3) is 0.310. The van der Waals surface area contributed by atoms with Crippen LogP contribution in [0.4, 0.5) is 0 Å². The van der Waals surface area contributed by atoms with Gasteiger partial charge in [-0.15, -0.1) is 0 Å². The minimum absolute atomic E-state index is 0.0167. The second kappa shape index (κ2) is 8.10. The van der Waals surface area contributed by atoms with Crippen molar-refractivity contribution in [1.82, 2.24) is 9.80 Å². The normalized spacial score (nSPS) is 16.1. The molecule has 1 unspecified atom stereocenters. The number of likely N-dealkylation sites (N-methyl/N-ethyl adjacent to an activating group) is 1. The zero-order chi connectivity index (χ0) is 24.2. The summed E-state index contributed by atoms with van der Waals surface area (Å²) in [6, 6.07) is 19.3. The van der Waals surface area contributed by atoms with E-state index >= 15 is 0 Å². The number of hydrogen-bond acceptors (Lipinski definition) is 4. The quantitative estimate of drug-likeness (QED) is 0.390. The van der Waals surface area contributed by atoms with Gasteiger partial charge in [-0.05, 0) is 42.1 Å². The van der Waals surface area contributed by atoms with E-state index in [0.717, 1.165) is 16.3 Å². The summed E-state index contributed by atoms with van der Waals surface area (Å²) in [5, 5.41) is 2.32. The van der Waals surface area contributed by atoms with Gasteiger partial charge in [0.25, 0.3) is 5.91 Å². The summed E-state index contributed by atoms with van der Waals surface area (Å²) in [7, 11) is 3.95. The number of carbonyl (C=O) groups excluding carboxylic acids is 1. The lowest BCUT2D eigenvalue weighted by Gasteiger charge is -2.27. The average Bonchev–Trinajstić information content (AvgIpc) is 3.09. The third-order valence-electron chi connectivity index (χ3n) is 6.74. The van der Waals surface area contributed by atoms with Gasteiger partial charge in [0.1, 0.15) is 5.58 Å². The molecule has 0 saturated heterocycles. The van der Waals surface area contributed by atoms with Crippen molar-refractivity contribution in [3.8, 4) is 0 Å². The molecule has 174 valence electrons. The van der Waals surface area contributed by atoms with E-state index in [0.29, 0.717) is 29.6 Å². The Labute approximate surface area is 199 Å². The van der Waals surface area contributed by atoms with Crippen LogP contribution in [0.1, 0.15) is 54.1 Å². The van der Waals surface area contributed by atoms with Crippen LogP contribution in [0.15, 0.2) is 69.9 Å². The maximum absolute atomic E-state index is 13.9. The number of fused-ring (bicyclic) bond motifs is 4. The Morgan fingerprint density at radius 3 is 2.29 bits per heavy atom. The SMILES string of the molecule is CN(C)CCN1C(=O)c2oc3c(ccc4ccccc43)c(=O)c2C1c1ccc(C(C)(C)C)cc1. The first-order valence-corrected chi connectivity index (χ1v) is 11.7. The van der Waals surface area contributed by atoms with E-state index in [1.54, 1.807) is 4.90 Å². The Kier molecular flexibility index (Phi) is 5.33. The molecule has 2 heterocycles. The van der Waals surface area contributed by atoms with Crippen molar-refractivity contribution < 1.29 is 9.21 Å². The predicted molar refractivity (Wildman–Crippen MR) is 137 cm³/mol. The van der Waals surface area contributed by atoms with Crippen molar-refractivity contribution in [3.63, 3.8) is 0 Å². The first-order valence-electron chi connectivity index (χ1n) is 11.7. The van der Waals surface area contributed by atoms with Crippen LogP contribution < -0.4 is 5.43 Å². The smallest absolute Gasteiger partial charge is 0.290 e. The third-order valence-corrected chi connectivity index (χ3v) is 6.74. The molecule has 1 aliphatic rings. The molecule has 0 fully saturated rings. The van der Waals surface area contributed by atoms with Gasteiger partial charge >= 0.3 is 0 Å². The van der Waals surface area contributed by atoms with E-state index in [1.807, 2.05) is 67.5 Å². The Bertz CT molecular complexity index is 1460. The lowest BCUT2D eigenvalue weighted by Crippen LogP contribution is -2.35. The van der Waals surface area contributed by atoms with Crippen LogP contribution in [0.3, 0.4) is 0 Å². The molecule has 1 aliphatic heterocycles. The molecule has 1 aromatic heterocycles. The molecule has 4 aromatic rings. The molecule has 0 bridgehead atoms. The molecule has 5 rings (SSSR count). The molecular formula is C29H30N2O3. The van der Waals surface area contributed by atoms with Crippen molar-refractivity contribution in [2.75, 3.05) is 27.2 Å². The van der Waals surface area contributed by atoms with Gasteiger partial charge in [-0.1, -0.05) is 75.4 Å². The van der Waals surface area contributed by atoms with Gasteiger partial charge in [0.2, 0.25) is 5.76 Å². The molecular weight excluding hydrogens is 424 g/mol. The third kappa shape index (κ3) is 3.61. The highest BCUT2D eigenvalue weighted by Crippen LogP contribution is 2.39. The van der Waals surface area contributed by atoms with Gasteiger partial charge < -0.3 is 14.2 Å². The summed E-state index contributed by atoms with van der Waals surface area (Å²) in [5.41, 5.74) is 2.93. The van der Waals surface area contributed by atoms with Gasteiger partial charge in [-0.25, -0.2) is 0 Å². The van der Waals surface area contributed by atoms with Crippen LogP contribution in [0.5, 0.6) is 0 Å². The van der Waals surface area contributed by atoms with Crippen molar-refractivity contribution in [2.45, 2.75) is 32.2 Å². The lowest BCUT2D eigenvalue weighted by atomic mass is 9.86. The van der Waals surface area contributed by atoms with Crippen LogP contribution in [0, 0.1) is 0 Å². The molecule has 1 amide bonds. The molecule has 0 N–H and O–H groups in total. The van der Waals surface area contributed by atoms with Crippen LogP contribution in [-0.4, -0.2) is 42.9 Å². The number of nitrogens with zero attached hydrogens (tertiary/aromatic N) is 2. The van der Waals surface area contributed by atoms with Gasteiger partial charge in [-0.2, -0.15) is 0 Å². The summed E-state index contributed by atoms with van der Waals surface area (Å²) in [4.78, 5) is 31.3. The summed E-state index contributed by atoms with van der Waals surface area (Å²) in [6.07, 6.45) is 0. The minimum Gasteiger partial charge on any atom is -0.450 e. The van der Waals surface area contributed by atoms with E-state index in [1.165, 1.54) is 5.56 Å². The van der Waals surface area contributed by atoms with Crippen LogP contribution in [-0.2, 0) is 5.41 Å². The summed E-state index contributed by atoms with van der Waals surface area (Å²) in [5.74, 6) is -0.0637. The zero-order valence-electron chi connectivity index (χ0n) is 20.4. The second-order valence-corrected chi connectivity index (χ2v) is 10.4. The highest BCUT2D eigenvalue weighted by molar-refractivity contribution is 6.06. The van der Waals surface area contributed by atoms with E-state index in [-0.39, 0.29) is 22.5 Å². The Morgan fingerprint density at radius 1 is 0.912 bits per heavy atom. The Hall–Kier alpha value is -3.44. The lowest BCUT2D eigenvalue weighted by molar-refractivity contribution is 0.0716. The molecule has 0 spiro atoms. The average molecular weight is 455 g/mol. The van der Waals surface area contributed by atoms with E-state index in [2.05, 4.69) is 32.9 Å². The van der Waals surface area contributed by atoms with Crippen molar-refractivity contribution >= 4 is 27.6 Å². The van der Waals surface area contributed by atoms with E-state index < -0.39 is 6.04 Å². The molecule has 5 nitrogen and oxygen atoms in total. The molecule has 3 aromatic carbocycles. The van der Waals surface area contributed by atoms with Gasteiger partial charge in [-0.3, -0.25) is 9.59 Å². The van der Waals surface area contributed by atoms with E-state index in [4.69, 9.17) is 4.42 Å². The number of benzene rings is 3. The number of rotatable bonds is 4. The standard InChI is InChI=1S/C29H30N2O3/c1-29(2,3)20-13-10-19(11-14-20)24-23-25(32)22-15-12-18-8-6-7-9-21(18)26(22)34-27(23)28(33)31(24)17-16-30(4)5/h6-15,24H,16-17H2,1-5H3. The summed E-state index contributed by atoms with van der Waals surface area (Å²) >= 11 is 0. The van der Waals surface area contributed by atoms with Gasteiger partial charge in [0.15, 0.2) is 5.43 Å². The zero-order valence-corrected chi connectivity index (χ0v) is 20.4. The van der Waals surface area contributed by atoms with Crippen LogP contribution in [0.2, 0.25) is 0 Å². The fourth-order valence-electron chi connectivity index (χ4n) is 4.80. The largest absolute Gasteiger partial charge is 0.450 e. The summed E-state index contributed by atoms with van der Waals surface area (Å²) < 4.78 is 6.27. The van der Waals surface area contributed by atoms with Crippen LogP contribution in [0.25, 0.3) is 21.7 Å². The number of hydrogen-bond donors (Lipinski definition) is 0. The highest BCUT2D eigenvalue weighted by Gasteiger charge is 2.42. The summed E-state index contributed by atoms with van der Waals surface area (Å²) in [6.45, 7) is 7.70. The van der Waals surface area contributed by atoms with Crippen molar-refractivity contribution in [2.24, 2.45) is 0 Å². The topological polar surface area (TPSA) is 53.8 Å². The first kappa shape index (κ1) is 22.4. The first-order chi connectivity index (χ1) is 16.2. The Morgan fingerprint density at radius 2 is 1.62 bits per heavy atom. The fourth-order valence-corrected chi connectivity index (χ4v) is 4.80. The van der Waals surface area contributed by atoms with Crippen LogP contribution >= 0.6 is 0 Å². The predicted octanol–water partition coefficient (Wildman–Crippen LogP) is 5.35. The molecule has 0 saturated carbocycles. The van der Waals surface area contributed by atoms with E-state index in [9.17, 15) is 9.59 Å². The molecule has 34 heavy (non-hydrogen) atoms. The minimum atomic E-state index is -0.469. The van der Waals surface area contributed by atoms with Crippen molar-refractivity contribution in [3.05, 3.63) is 93.3 Å². The molecule has 1 atom stereocenters. The van der Waals surface area contributed by atoms with Gasteiger partial charge in [0.05, 0.1) is 17.0 Å². The molecule has 5 heteroatoms. The highest BCUT2D eigenvalue weighted by atomic mass is 16.3. The number of carbonyl (C=O) groups is 1. The van der Waals surface area contributed by atoms with Gasteiger partial charge in [0, 0.05) is 18.5 Å². The Balaban J connectivity index is 1.73. The molecule has 0 radical (unpaired) electrons. The second-order valence-electron chi connectivity index (χ2n) is 10.4. The maximum Gasteiger partial charge on any atom is 0.290 e. The molecule has 0 aliphatic carbocycles. The van der Waals surface area contributed by atoms with Crippen molar-refractivity contribution in [1.29, 1.82) is 0 Å².